The summed E-state index contributed by atoms with van der Waals surface area (Å²) in [6, 6.07) is 67.6. The smallest absolute Gasteiger partial charge is 0.159 e. The molecule has 0 atom stereocenters. The van der Waals surface area contributed by atoms with Crippen molar-refractivity contribution < 1.29 is 4.42 Å². The third-order valence-electron chi connectivity index (χ3n) is 11.5. The third kappa shape index (κ3) is 5.11. The van der Waals surface area contributed by atoms with Crippen LogP contribution in [0.5, 0.6) is 0 Å². The van der Waals surface area contributed by atoms with E-state index in [0.717, 1.165) is 66.9 Å². The number of nitrogens with zero attached hydrogens (tertiary/aromatic N) is 3. The first-order valence-electron chi connectivity index (χ1n) is 19.5. The molecular formula is C53H33N3OS. The monoisotopic (exact) mass is 759 g/mol. The van der Waals surface area contributed by atoms with Gasteiger partial charge in [-0.3, -0.25) is 4.98 Å². The fraction of sp³-hybridized carbons (Fsp3) is 0. The molecule has 0 bridgehead atoms. The Morgan fingerprint density at radius 3 is 1.86 bits per heavy atom. The quantitative estimate of drug-likeness (QED) is 0.169. The summed E-state index contributed by atoms with van der Waals surface area (Å²) in [6.07, 6.45) is 3.75. The Hall–Kier alpha value is -7.47. The van der Waals surface area contributed by atoms with Gasteiger partial charge in [-0.15, -0.1) is 11.3 Å². The molecule has 4 heterocycles. The number of aromatic nitrogens is 2. The van der Waals surface area contributed by atoms with Crippen LogP contribution in [0.3, 0.4) is 0 Å². The third-order valence-corrected chi connectivity index (χ3v) is 12.6. The molecule has 4 aromatic heterocycles. The lowest BCUT2D eigenvalue weighted by molar-refractivity contribution is 0.669. The number of benzene rings is 8. The predicted octanol–water partition coefficient (Wildman–Crippen LogP) is 15.2. The number of anilines is 3. The van der Waals surface area contributed by atoms with Gasteiger partial charge in [-0.2, -0.15) is 0 Å². The number of fused-ring (bicyclic) bond motifs is 9. The van der Waals surface area contributed by atoms with Gasteiger partial charge in [-0.25, -0.2) is 0 Å². The van der Waals surface area contributed by atoms with Crippen molar-refractivity contribution in [2.24, 2.45) is 0 Å². The maximum atomic E-state index is 6.70. The van der Waals surface area contributed by atoms with Crippen molar-refractivity contribution in [3.8, 4) is 27.9 Å². The fourth-order valence-electron chi connectivity index (χ4n) is 8.87. The van der Waals surface area contributed by atoms with Crippen LogP contribution in [0.15, 0.2) is 205 Å². The van der Waals surface area contributed by atoms with Crippen LogP contribution in [0.2, 0.25) is 0 Å². The van der Waals surface area contributed by atoms with E-state index in [9.17, 15) is 0 Å². The summed E-state index contributed by atoms with van der Waals surface area (Å²) in [4.78, 5) is 6.75. The molecule has 0 radical (unpaired) electrons. The molecule has 0 aliphatic rings. The molecule has 0 spiro atoms. The molecule has 12 rings (SSSR count). The summed E-state index contributed by atoms with van der Waals surface area (Å²) >= 11 is 1.83. The molecule has 12 aromatic rings. The Labute approximate surface area is 338 Å². The fourth-order valence-corrected chi connectivity index (χ4v) is 10.0. The molecule has 5 heteroatoms. The standard InChI is InChI=1S/C53H33N3OS/c1-5-15-47-40(10-1)41-11-2-6-16-48(41)56(47)36-22-20-34(21-23-36)39-26-24-37(32-46(39)35-28-30-54-31-29-35)55(38-25-27-44-43-13-4-8-19-51(43)58-52(44)33-38)49-17-9-14-45-42-12-3-7-18-50(42)57-53(45)49/h1-33H. The number of pyridine rings is 1. The minimum atomic E-state index is 0.857. The van der Waals surface area contributed by atoms with Gasteiger partial charge in [0, 0.05) is 71.2 Å². The molecule has 0 N–H and O–H groups in total. The van der Waals surface area contributed by atoms with E-state index in [2.05, 4.69) is 196 Å². The molecule has 0 aliphatic heterocycles. The van der Waals surface area contributed by atoms with Gasteiger partial charge in [0.1, 0.15) is 5.58 Å². The van der Waals surface area contributed by atoms with Crippen molar-refractivity contribution in [2.75, 3.05) is 4.90 Å². The van der Waals surface area contributed by atoms with E-state index in [1.165, 1.54) is 42.0 Å². The second kappa shape index (κ2) is 13.1. The first-order chi connectivity index (χ1) is 28.8. The number of rotatable bonds is 6. The highest BCUT2D eigenvalue weighted by Gasteiger charge is 2.22. The first kappa shape index (κ1) is 32.7. The van der Waals surface area contributed by atoms with Crippen molar-refractivity contribution in [1.82, 2.24) is 9.55 Å². The second-order valence-corrected chi connectivity index (χ2v) is 15.8. The van der Waals surface area contributed by atoms with E-state index in [1.807, 2.05) is 29.8 Å². The van der Waals surface area contributed by atoms with Crippen molar-refractivity contribution in [1.29, 1.82) is 0 Å². The highest BCUT2D eigenvalue weighted by atomic mass is 32.1. The van der Waals surface area contributed by atoms with Crippen LogP contribution in [-0.4, -0.2) is 9.55 Å². The zero-order valence-corrected chi connectivity index (χ0v) is 32.0. The molecule has 0 saturated carbocycles. The van der Waals surface area contributed by atoms with Crippen LogP contribution in [0, 0.1) is 0 Å². The number of hydrogen-bond donors (Lipinski definition) is 0. The maximum Gasteiger partial charge on any atom is 0.159 e. The number of para-hydroxylation sites is 4. The lowest BCUT2D eigenvalue weighted by Gasteiger charge is -2.27. The van der Waals surface area contributed by atoms with Crippen LogP contribution in [0.25, 0.3) is 91.9 Å². The Morgan fingerprint density at radius 1 is 0.448 bits per heavy atom. The summed E-state index contributed by atoms with van der Waals surface area (Å²) < 4.78 is 11.6. The van der Waals surface area contributed by atoms with E-state index >= 15 is 0 Å². The first-order valence-corrected chi connectivity index (χ1v) is 20.3. The highest BCUT2D eigenvalue weighted by Crippen LogP contribution is 2.46. The van der Waals surface area contributed by atoms with Crippen LogP contribution in [0.1, 0.15) is 0 Å². The van der Waals surface area contributed by atoms with Gasteiger partial charge in [-0.1, -0.05) is 109 Å². The van der Waals surface area contributed by atoms with E-state index in [-0.39, 0.29) is 0 Å². The molecule has 272 valence electrons. The lowest BCUT2D eigenvalue weighted by Crippen LogP contribution is -2.10. The minimum Gasteiger partial charge on any atom is -0.454 e. The van der Waals surface area contributed by atoms with Crippen molar-refractivity contribution >= 4 is 92.3 Å². The molecule has 8 aromatic carbocycles. The van der Waals surface area contributed by atoms with Crippen molar-refractivity contribution in [2.45, 2.75) is 0 Å². The summed E-state index contributed by atoms with van der Waals surface area (Å²) in [7, 11) is 0. The van der Waals surface area contributed by atoms with E-state index in [4.69, 9.17) is 4.42 Å². The normalized spacial score (nSPS) is 11.8. The van der Waals surface area contributed by atoms with Gasteiger partial charge in [0.25, 0.3) is 0 Å². The average Bonchev–Trinajstić information content (AvgIpc) is 3.97. The Kier molecular flexibility index (Phi) is 7.37. The second-order valence-electron chi connectivity index (χ2n) is 14.7. The summed E-state index contributed by atoms with van der Waals surface area (Å²) in [5, 5.41) is 7.27. The molecule has 0 fully saturated rings. The Bertz CT molecular complexity index is 3470. The van der Waals surface area contributed by atoms with Crippen molar-refractivity contribution in [3.63, 3.8) is 0 Å². The van der Waals surface area contributed by atoms with Gasteiger partial charge >= 0.3 is 0 Å². The number of hydrogen-bond acceptors (Lipinski definition) is 4. The van der Waals surface area contributed by atoms with Crippen LogP contribution < -0.4 is 4.90 Å². The topological polar surface area (TPSA) is 34.2 Å². The lowest BCUT2D eigenvalue weighted by atomic mass is 9.94. The molecular weight excluding hydrogens is 727 g/mol. The highest BCUT2D eigenvalue weighted by molar-refractivity contribution is 7.25. The van der Waals surface area contributed by atoms with Crippen LogP contribution in [0.4, 0.5) is 17.1 Å². The zero-order valence-electron chi connectivity index (χ0n) is 31.2. The SMILES string of the molecule is c1ccc2c(c1)oc1c(N(c3ccc(-c4ccc(-n5c6ccccc6c6ccccc65)cc4)c(-c4ccncc4)c3)c3ccc4c(c3)sc3ccccc34)cccc12. The van der Waals surface area contributed by atoms with Crippen molar-refractivity contribution in [3.05, 3.63) is 200 Å². The van der Waals surface area contributed by atoms with Gasteiger partial charge < -0.3 is 13.9 Å². The predicted molar refractivity (Wildman–Crippen MR) is 244 cm³/mol. The molecule has 0 amide bonds. The molecule has 0 unspecified atom stereocenters. The zero-order chi connectivity index (χ0) is 38.2. The summed E-state index contributed by atoms with van der Waals surface area (Å²) in [6.45, 7) is 0. The molecule has 0 saturated heterocycles. The molecule has 0 aliphatic carbocycles. The van der Waals surface area contributed by atoms with Gasteiger partial charge in [0.15, 0.2) is 5.58 Å². The maximum absolute atomic E-state index is 6.70. The van der Waals surface area contributed by atoms with E-state index < -0.39 is 0 Å². The van der Waals surface area contributed by atoms with Crippen LogP contribution >= 0.6 is 11.3 Å². The molecule has 4 nitrogen and oxygen atoms in total. The largest absolute Gasteiger partial charge is 0.454 e. The Balaban J connectivity index is 1.05. The van der Waals surface area contributed by atoms with E-state index in [0.29, 0.717) is 0 Å². The van der Waals surface area contributed by atoms with Crippen LogP contribution in [-0.2, 0) is 0 Å². The van der Waals surface area contributed by atoms with Gasteiger partial charge in [-0.05, 0) is 101 Å². The Morgan fingerprint density at radius 2 is 1.07 bits per heavy atom. The molecule has 58 heavy (non-hydrogen) atoms. The van der Waals surface area contributed by atoms with Gasteiger partial charge in [0.05, 0.1) is 16.7 Å². The minimum absolute atomic E-state index is 0.857. The number of furan rings is 1. The van der Waals surface area contributed by atoms with E-state index in [1.54, 1.807) is 0 Å². The van der Waals surface area contributed by atoms with Gasteiger partial charge in [0.2, 0.25) is 0 Å². The number of thiophene rings is 1. The summed E-state index contributed by atoms with van der Waals surface area (Å²) in [5.74, 6) is 0. The summed E-state index contributed by atoms with van der Waals surface area (Å²) in [5.41, 5.74) is 12.8. The average molecular weight is 760 g/mol.